The molecule has 30 heavy (non-hydrogen) atoms. The molecule has 0 radical (unpaired) electrons. The van der Waals surface area contributed by atoms with Crippen molar-refractivity contribution in [2.75, 3.05) is 20.1 Å². The van der Waals surface area contributed by atoms with Gasteiger partial charge in [0.15, 0.2) is 5.96 Å². The first-order valence-electron chi connectivity index (χ1n) is 11.3. The fraction of sp³-hybridized carbons (Fsp3) is 0.909. The summed E-state index contributed by atoms with van der Waals surface area (Å²) in [5.41, 5.74) is -0.502. The zero-order chi connectivity index (χ0) is 21.6. The molecule has 1 amide bonds. The van der Waals surface area contributed by atoms with E-state index in [-0.39, 0.29) is 42.0 Å². The van der Waals surface area contributed by atoms with E-state index in [4.69, 9.17) is 9.73 Å². The van der Waals surface area contributed by atoms with Gasteiger partial charge in [-0.2, -0.15) is 0 Å². The van der Waals surface area contributed by atoms with E-state index in [9.17, 15) is 4.79 Å². The molecule has 2 rings (SSSR count). The van der Waals surface area contributed by atoms with Gasteiger partial charge in [-0.25, -0.2) is 4.79 Å². The molecule has 2 saturated heterocycles. The number of guanidine groups is 1. The number of rotatable bonds is 6. The summed E-state index contributed by atoms with van der Waals surface area (Å²) < 4.78 is 5.41. The normalized spacial score (nSPS) is 25.9. The Morgan fingerprint density at radius 2 is 1.80 bits per heavy atom. The predicted molar refractivity (Wildman–Crippen MR) is 135 cm³/mol. The highest BCUT2D eigenvalue weighted by Gasteiger charge is 2.36. The third-order valence-electron chi connectivity index (χ3n) is 5.98. The Morgan fingerprint density at radius 1 is 1.20 bits per heavy atom. The summed E-state index contributed by atoms with van der Waals surface area (Å²) in [4.78, 5) is 19.6. The van der Waals surface area contributed by atoms with Crippen LogP contribution in [0.1, 0.15) is 73.6 Å². The van der Waals surface area contributed by atoms with Crippen molar-refractivity contribution in [1.29, 1.82) is 0 Å². The zero-order valence-corrected chi connectivity index (χ0v) is 22.3. The Hall–Kier alpha value is -0.770. The van der Waals surface area contributed by atoms with Crippen molar-refractivity contribution in [2.24, 2.45) is 10.9 Å². The zero-order valence-electron chi connectivity index (χ0n) is 20.0. The van der Waals surface area contributed by atoms with Crippen LogP contribution in [0.3, 0.4) is 0 Å². The number of hydrogen-bond acceptors (Lipinski definition) is 4. The number of aliphatic imine (C=N–C) groups is 1. The number of amides is 1. The minimum atomic E-state index is -0.502. The predicted octanol–water partition coefficient (Wildman–Crippen LogP) is 3.72. The van der Waals surface area contributed by atoms with Gasteiger partial charge < -0.3 is 25.6 Å². The van der Waals surface area contributed by atoms with Gasteiger partial charge in [0, 0.05) is 24.7 Å². The number of nitrogens with zero attached hydrogens (tertiary/aromatic N) is 2. The van der Waals surface area contributed by atoms with Gasteiger partial charge in [0.05, 0.1) is 12.6 Å². The summed E-state index contributed by atoms with van der Waals surface area (Å²) in [6.45, 7) is 13.2. The highest BCUT2D eigenvalue weighted by Crippen LogP contribution is 2.32. The first-order chi connectivity index (χ1) is 13.6. The quantitative estimate of drug-likeness (QED) is 0.274. The number of piperidine rings is 2. The summed E-state index contributed by atoms with van der Waals surface area (Å²) >= 11 is 0. The SMILES string of the molecule is CCNC(=NCC(NC(=O)OC(C)(C)C)C(C)C)NC1CC2CCCC(C1)N2C.I. The average Bonchev–Trinajstić information content (AvgIpc) is 2.57. The van der Waals surface area contributed by atoms with Crippen LogP contribution in [0.5, 0.6) is 0 Å². The van der Waals surface area contributed by atoms with Gasteiger partial charge in [0.2, 0.25) is 0 Å². The Balaban J connectivity index is 0.00000450. The van der Waals surface area contributed by atoms with E-state index in [2.05, 4.69) is 48.7 Å². The highest BCUT2D eigenvalue weighted by molar-refractivity contribution is 14.0. The lowest BCUT2D eigenvalue weighted by atomic mass is 9.82. The van der Waals surface area contributed by atoms with Crippen molar-refractivity contribution in [3.63, 3.8) is 0 Å². The van der Waals surface area contributed by atoms with E-state index >= 15 is 0 Å². The van der Waals surface area contributed by atoms with Crippen molar-refractivity contribution < 1.29 is 9.53 Å². The summed E-state index contributed by atoms with van der Waals surface area (Å²) in [5.74, 6) is 1.11. The molecule has 0 aromatic carbocycles. The summed E-state index contributed by atoms with van der Waals surface area (Å²) in [6.07, 6.45) is 5.91. The maximum Gasteiger partial charge on any atom is 0.407 e. The molecule has 3 atom stereocenters. The number of carbonyl (C=O) groups excluding carboxylic acids is 1. The summed E-state index contributed by atoms with van der Waals surface area (Å²) in [5, 5.41) is 10.0. The number of nitrogens with one attached hydrogen (secondary N) is 3. The standard InChI is InChI=1S/C22H43N5O2.HI/c1-8-23-20(25-16-12-17-10-9-11-18(13-16)27(17)7)24-14-19(15(2)3)26-21(28)29-22(4,5)6;/h15-19H,8-14H2,1-7H3,(H,26,28)(H2,23,24,25);1H. The lowest BCUT2D eigenvalue weighted by molar-refractivity contribution is 0.0492. The van der Waals surface area contributed by atoms with Crippen LogP contribution in [-0.4, -0.2) is 66.9 Å². The molecule has 176 valence electrons. The second kappa shape index (κ2) is 12.3. The monoisotopic (exact) mass is 537 g/mol. The summed E-state index contributed by atoms with van der Waals surface area (Å²) in [6, 6.07) is 1.74. The van der Waals surface area contributed by atoms with Crippen LogP contribution in [0.15, 0.2) is 4.99 Å². The van der Waals surface area contributed by atoms with E-state index in [1.165, 1.54) is 32.1 Å². The average molecular weight is 538 g/mol. The maximum atomic E-state index is 12.2. The van der Waals surface area contributed by atoms with Crippen molar-refractivity contribution in [1.82, 2.24) is 20.9 Å². The molecule has 2 bridgehead atoms. The smallest absolute Gasteiger partial charge is 0.407 e. The fourth-order valence-corrected chi connectivity index (χ4v) is 4.32. The van der Waals surface area contributed by atoms with Gasteiger partial charge in [-0.05, 0) is 66.3 Å². The minimum absolute atomic E-state index is 0. The molecule has 2 aliphatic heterocycles. The molecule has 0 spiro atoms. The van der Waals surface area contributed by atoms with E-state index in [0.717, 1.165) is 12.5 Å². The summed E-state index contributed by atoms with van der Waals surface area (Å²) in [7, 11) is 2.28. The molecule has 0 saturated carbocycles. The highest BCUT2D eigenvalue weighted by atomic mass is 127. The van der Waals surface area contributed by atoms with Gasteiger partial charge in [-0.15, -0.1) is 24.0 Å². The van der Waals surface area contributed by atoms with Gasteiger partial charge in [-0.1, -0.05) is 20.3 Å². The lowest BCUT2D eigenvalue weighted by Crippen LogP contribution is -2.56. The van der Waals surface area contributed by atoms with Crippen molar-refractivity contribution in [2.45, 2.75) is 103 Å². The second-order valence-corrected chi connectivity index (χ2v) is 9.93. The Kier molecular flexibility index (Phi) is 11.2. The molecule has 8 heteroatoms. The Morgan fingerprint density at radius 3 is 2.30 bits per heavy atom. The molecule has 2 aliphatic rings. The molecule has 2 fully saturated rings. The minimum Gasteiger partial charge on any atom is -0.444 e. The topological polar surface area (TPSA) is 78.0 Å². The van der Waals surface area contributed by atoms with Crippen LogP contribution >= 0.6 is 24.0 Å². The van der Waals surface area contributed by atoms with Crippen LogP contribution in [0.4, 0.5) is 4.79 Å². The molecule has 0 aliphatic carbocycles. The van der Waals surface area contributed by atoms with Gasteiger partial charge in [0.1, 0.15) is 5.60 Å². The van der Waals surface area contributed by atoms with Crippen molar-refractivity contribution in [3.8, 4) is 0 Å². The van der Waals surface area contributed by atoms with Crippen LogP contribution < -0.4 is 16.0 Å². The van der Waals surface area contributed by atoms with Gasteiger partial charge in [0.25, 0.3) is 0 Å². The van der Waals surface area contributed by atoms with Crippen molar-refractivity contribution in [3.05, 3.63) is 0 Å². The molecule has 7 nitrogen and oxygen atoms in total. The first kappa shape index (κ1) is 27.3. The van der Waals surface area contributed by atoms with Crippen LogP contribution in [0.2, 0.25) is 0 Å². The van der Waals surface area contributed by atoms with Crippen molar-refractivity contribution >= 4 is 36.0 Å². The maximum absolute atomic E-state index is 12.2. The number of ether oxygens (including phenoxy) is 1. The third-order valence-corrected chi connectivity index (χ3v) is 5.98. The van der Waals surface area contributed by atoms with Crippen LogP contribution in [0, 0.1) is 5.92 Å². The molecule has 3 unspecified atom stereocenters. The largest absolute Gasteiger partial charge is 0.444 e. The van der Waals surface area contributed by atoms with E-state index in [1.54, 1.807) is 0 Å². The number of carbonyl (C=O) groups is 1. The number of alkyl carbamates (subject to hydrolysis) is 1. The Bertz CT molecular complexity index is 550. The second-order valence-electron chi connectivity index (χ2n) is 9.93. The van der Waals surface area contributed by atoms with Gasteiger partial charge >= 0.3 is 6.09 Å². The number of hydrogen-bond donors (Lipinski definition) is 3. The molecule has 0 aromatic heterocycles. The van der Waals surface area contributed by atoms with E-state index in [0.29, 0.717) is 24.7 Å². The first-order valence-corrected chi connectivity index (χ1v) is 11.3. The fourth-order valence-electron chi connectivity index (χ4n) is 4.32. The van der Waals surface area contributed by atoms with Gasteiger partial charge in [-0.3, -0.25) is 4.99 Å². The lowest BCUT2D eigenvalue weighted by Gasteiger charge is -2.47. The molecule has 0 aromatic rings. The van der Waals surface area contributed by atoms with Crippen LogP contribution in [0.25, 0.3) is 0 Å². The molecular formula is C22H44IN5O2. The number of fused-ring (bicyclic) bond motifs is 2. The molecular weight excluding hydrogens is 493 g/mol. The van der Waals surface area contributed by atoms with E-state index < -0.39 is 5.60 Å². The number of halogens is 1. The Labute approximate surface area is 200 Å². The van der Waals surface area contributed by atoms with Crippen LogP contribution in [-0.2, 0) is 4.74 Å². The third kappa shape index (κ3) is 8.77. The van der Waals surface area contributed by atoms with E-state index in [1.807, 2.05) is 20.8 Å². The molecule has 2 heterocycles. The molecule has 3 N–H and O–H groups in total.